The molecule has 0 fully saturated rings. The maximum absolute atomic E-state index is 7.08. The van der Waals surface area contributed by atoms with E-state index in [1.165, 1.54) is 0 Å². The van der Waals surface area contributed by atoms with Gasteiger partial charge in [0.25, 0.3) is 0 Å². The highest BCUT2D eigenvalue weighted by atomic mass is 15.1. The first kappa shape index (κ1) is 7.21. The Hall–Kier alpha value is -0.790. The molecule has 2 nitrogen and oxygen atoms in total. The Kier molecular flexibility index (Phi) is 2.92. The van der Waals surface area contributed by atoms with Gasteiger partial charge in [-0.15, -0.1) is 6.58 Å². The molecule has 0 spiro atoms. The van der Waals surface area contributed by atoms with Crippen LogP contribution in [-0.4, -0.2) is 24.3 Å². The van der Waals surface area contributed by atoms with Crippen molar-refractivity contribution in [3.63, 3.8) is 0 Å². The summed E-state index contributed by atoms with van der Waals surface area (Å²) in [5, 5.41) is 7.08. The summed E-state index contributed by atoms with van der Waals surface area (Å²) in [6, 6.07) is 0. The van der Waals surface area contributed by atoms with E-state index >= 15 is 0 Å². The standard InChI is InChI=1S/C6H12N2/c1-4-5-8(3)6(2)7/h4,7H,1,5H2,2-3H3. The summed E-state index contributed by atoms with van der Waals surface area (Å²) in [4.78, 5) is 1.81. The minimum absolute atomic E-state index is 0.574. The van der Waals surface area contributed by atoms with Crippen LogP contribution in [-0.2, 0) is 0 Å². The number of hydrogen-bond acceptors (Lipinski definition) is 1. The number of hydrogen-bond donors (Lipinski definition) is 1. The quantitative estimate of drug-likeness (QED) is 0.323. The molecule has 0 aromatic rings. The third-order valence-electron chi connectivity index (χ3n) is 0.976. The molecule has 0 aliphatic rings. The Morgan fingerprint density at radius 2 is 2.38 bits per heavy atom. The maximum atomic E-state index is 7.08. The number of rotatable bonds is 2. The predicted molar refractivity (Wildman–Crippen MR) is 36.2 cm³/mol. The van der Waals surface area contributed by atoms with Gasteiger partial charge >= 0.3 is 0 Å². The van der Waals surface area contributed by atoms with Crippen LogP contribution in [0.2, 0.25) is 0 Å². The average molecular weight is 112 g/mol. The van der Waals surface area contributed by atoms with Gasteiger partial charge in [0.05, 0.1) is 5.84 Å². The van der Waals surface area contributed by atoms with Crippen molar-refractivity contribution in [1.82, 2.24) is 4.90 Å². The molecule has 8 heavy (non-hydrogen) atoms. The fraction of sp³-hybridized carbons (Fsp3) is 0.500. The molecule has 46 valence electrons. The van der Waals surface area contributed by atoms with E-state index in [9.17, 15) is 0 Å². The van der Waals surface area contributed by atoms with Crippen molar-refractivity contribution >= 4 is 5.84 Å². The minimum Gasteiger partial charge on any atom is -0.360 e. The van der Waals surface area contributed by atoms with Crippen molar-refractivity contribution in [2.75, 3.05) is 13.6 Å². The summed E-state index contributed by atoms with van der Waals surface area (Å²) in [6.45, 7) is 6.06. The Labute approximate surface area is 50.3 Å². The molecule has 0 bridgehead atoms. The van der Waals surface area contributed by atoms with Gasteiger partial charge in [0.15, 0.2) is 0 Å². The van der Waals surface area contributed by atoms with Crippen molar-refractivity contribution in [3.05, 3.63) is 12.7 Å². The molecular weight excluding hydrogens is 100 g/mol. The van der Waals surface area contributed by atoms with E-state index in [0.717, 1.165) is 6.54 Å². The Bertz CT molecular complexity index is 96.7. The van der Waals surface area contributed by atoms with Crippen molar-refractivity contribution in [2.45, 2.75) is 6.92 Å². The summed E-state index contributed by atoms with van der Waals surface area (Å²) >= 11 is 0. The first-order valence-corrected chi connectivity index (χ1v) is 2.55. The molecule has 0 atom stereocenters. The molecule has 0 heterocycles. The molecule has 2 heteroatoms. The second-order valence-corrected chi connectivity index (χ2v) is 1.75. The van der Waals surface area contributed by atoms with Gasteiger partial charge in [-0.1, -0.05) is 6.08 Å². The smallest absolute Gasteiger partial charge is 0.0926 e. The van der Waals surface area contributed by atoms with Crippen LogP contribution in [0.4, 0.5) is 0 Å². The first-order chi connectivity index (χ1) is 3.68. The number of nitrogens with zero attached hydrogens (tertiary/aromatic N) is 1. The maximum Gasteiger partial charge on any atom is 0.0926 e. The van der Waals surface area contributed by atoms with Crippen molar-refractivity contribution in [1.29, 1.82) is 5.41 Å². The number of amidine groups is 1. The van der Waals surface area contributed by atoms with Crippen molar-refractivity contribution in [3.8, 4) is 0 Å². The van der Waals surface area contributed by atoms with Crippen molar-refractivity contribution < 1.29 is 0 Å². The summed E-state index contributed by atoms with van der Waals surface area (Å²) in [6.07, 6.45) is 1.78. The van der Waals surface area contributed by atoms with Gasteiger partial charge in [0, 0.05) is 13.6 Å². The lowest BCUT2D eigenvalue weighted by atomic mass is 10.5. The van der Waals surface area contributed by atoms with Gasteiger partial charge in [0.1, 0.15) is 0 Å². The van der Waals surface area contributed by atoms with E-state index in [4.69, 9.17) is 5.41 Å². The zero-order chi connectivity index (χ0) is 6.57. The van der Waals surface area contributed by atoms with Gasteiger partial charge in [0.2, 0.25) is 0 Å². The SMILES string of the molecule is C=CCN(C)C(C)=N. The van der Waals surface area contributed by atoms with Crippen LogP contribution in [0.15, 0.2) is 12.7 Å². The van der Waals surface area contributed by atoms with Crippen LogP contribution in [0.25, 0.3) is 0 Å². The molecule has 0 aromatic heterocycles. The second-order valence-electron chi connectivity index (χ2n) is 1.75. The zero-order valence-electron chi connectivity index (χ0n) is 5.44. The van der Waals surface area contributed by atoms with E-state index in [0.29, 0.717) is 5.84 Å². The predicted octanol–water partition coefficient (Wildman–Crippen LogP) is 1.10. The van der Waals surface area contributed by atoms with Gasteiger partial charge < -0.3 is 4.90 Å². The molecule has 0 aliphatic heterocycles. The van der Waals surface area contributed by atoms with Gasteiger partial charge in [-0.25, -0.2) is 0 Å². The monoisotopic (exact) mass is 112 g/mol. The number of likely N-dealkylation sites (N-methyl/N-ethyl adjacent to an activating group) is 1. The van der Waals surface area contributed by atoms with Gasteiger partial charge in [-0.2, -0.15) is 0 Å². The van der Waals surface area contributed by atoms with Gasteiger partial charge in [-0.3, -0.25) is 5.41 Å². The van der Waals surface area contributed by atoms with Crippen LogP contribution in [0, 0.1) is 5.41 Å². The lowest BCUT2D eigenvalue weighted by Crippen LogP contribution is -2.22. The summed E-state index contributed by atoms with van der Waals surface area (Å²) in [5.74, 6) is 0.574. The average Bonchev–Trinajstić information content (AvgIpc) is 1.67. The largest absolute Gasteiger partial charge is 0.360 e. The molecule has 0 amide bonds. The first-order valence-electron chi connectivity index (χ1n) is 2.55. The van der Waals surface area contributed by atoms with Crippen LogP contribution < -0.4 is 0 Å². The van der Waals surface area contributed by atoms with Crippen LogP contribution in [0.3, 0.4) is 0 Å². The third kappa shape index (κ3) is 2.39. The highest BCUT2D eigenvalue weighted by molar-refractivity contribution is 5.76. The Balaban J connectivity index is 3.46. The summed E-state index contributed by atoms with van der Waals surface area (Å²) < 4.78 is 0. The van der Waals surface area contributed by atoms with E-state index < -0.39 is 0 Å². The highest BCUT2D eigenvalue weighted by Crippen LogP contribution is 1.81. The topological polar surface area (TPSA) is 27.1 Å². The summed E-state index contributed by atoms with van der Waals surface area (Å²) in [5.41, 5.74) is 0. The lowest BCUT2D eigenvalue weighted by molar-refractivity contribution is 0.557. The molecule has 0 aliphatic carbocycles. The van der Waals surface area contributed by atoms with E-state index in [2.05, 4.69) is 6.58 Å². The Morgan fingerprint density at radius 1 is 1.88 bits per heavy atom. The van der Waals surface area contributed by atoms with E-state index in [1.54, 1.807) is 13.0 Å². The molecule has 0 saturated carbocycles. The molecule has 0 radical (unpaired) electrons. The van der Waals surface area contributed by atoms with Crippen LogP contribution in [0.5, 0.6) is 0 Å². The summed E-state index contributed by atoms with van der Waals surface area (Å²) in [7, 11) is 1.87. The zero-order valence-corrected chi connectivity index (χ0v) is 5.44. The molecule has 0 unspecified atom stereocenters. The van der Waals surface area contributed by atoms with E-state index in [-0.39, 0.29) is 0 Å². The normalized spacial score (nSPS) is 8.25. The number of nitrogens with one attached hydrogen (secondary N) is 1. The molecule has 0 aromatic carbocycles. The van der Waals surface area contributed by atoms with Crippen LogP contribution in [0.1, 0.15) is 6.92 Å². The lowest BCUT2D eigenvalue weighted by Gasteiger charge is -2.13. The fourth-order valence-electron chi connectivity index (χ4n) is 0.331. The molecule has 1 N–H and O–H groups in total. The minimum atomic E-state index is 0.574. The molecule has 0 saturated heterocycles. The second kappa shape index (κ2) is 3.24. The Morgan fingerprint density at radius 3 is 2.50 bits per heavy atom. The molecule has 0 rings (SSSR count). The van der Waals surface area contributed by atoms with Crippen LogP contribution >= 0.6 is 0 Å². The third-order valence-corrected chi connectivity index (χ3v) is 0.976. The highest BCUT2D eigenvalue weighted by Gasteiger charge is 1.90. The fourth-order valence-corrected chi connectivity index (χ4v) is 0.331. The van der Waals surface area contributed by atoms with Crippen molar-refractivity contribution in [2.24, 2.45) is 0 Å². The van der Waals surface area contributed by atoms with Gasteiger partial charge in [-0.05, 0) is 6.92 Å². The molecular formula is C6H12N2. The van der Waals surface area contributed by atoms with E-state index in [1.807, 2.05) is 11.9 Å².